The van der Waals surface area contributed by atoms with Crippen LogP contribution in [0.3, 0.4) is 0 Å². The molecule has 1 aliphatic rings. The SMILES string of the molecule is CCN(Cc1nc2c(F)cccc2[nH]1)C[C@H]1CCOC1. The normalized spacial score (nSPS) is 19.2. The van der Waals surface area contributed by atoms with Crippen molar-refractivity contribution >= 4 is 11.0 Å². The number of fused-ring (bicyclic) bond motifs is 1. The van der Waals surface area contributed by atoms with Crippen LogP contribution >= 0.6 is 0 Å². The molecule has 1 atom stereocenters. The van der Waals surface area contributed by atoms with E-state index in [1.165, 1.54) is 6.07 Å². The molecule has 20 heavy (non-hydrogen) atoms. The highest BCUT2D eigenvalue weighted by atomic mass is 19.1. The van der Waals surface area contributed by atoms with Gasteiger partial charge in [0.25, 0.3) is 0 Å². The molecule has 0 amide bonds. The standard InChI is InChI=1S/C15H20FN3O/c1-2-19(8-11-6-7-20-10-11)9-14-17-13-5-3-4-12(16)15(13)18-14/h3-5,11H,2,6-10H2,1H3,(H,17,18)/t11-/m1/s1. The molecule has 5 heteroatoms. The number of nitrogens with zero attached hydrogens (tertiary/aromatic N) is 2. The van der Waals surface area contributed by atoms with Gasteiger partial charge in [0, 0.05) is 13.2 Å². The lowest BCUT2D eigenvalue weighted by Gasteiger charge is -2.22. The summed E-state index contributed by atoms with van der Waals surface area (Å²) >= 11 is 0. The molecule has 0 radical (unpaired) electrons. The van der Waals surface area contributed by atoms with Crippen LogP contribution in [0.15, 0.2) is 18.2 Å². The van der Waals surface area contributed by atoms with Crippen molar-refractivity contribution in [3.8, 4) is 0 Å². The van der Waals surface area contributed by atoms with Gasteiger partial charge in [-0.1, -0.05) is 13.0 Å². The maximum Gasteiger partial charge on any atom is 0.151 e. The molecule has 0 bridgehead atoms. The first-order valence-corrected chi connectivity index (χ1v) is 7.19. The number of halogens is 1. The molecule has 108 valence electrons. The van der Waals surface area contributed by atoms with Gasteiger partial charge in [0.2, 0.25) is 0 Å². The Bertz CT molecular complexity index is 578. The summed E-state index contributed by atoms with van der Waals surface area (Å²) in [6.45, 7) is 6.55. The van der Waals surface area contributed by atoms with E-state index in [-0.39, 0.29) is 5.82 Å². The number of para-hydroxylation sites is 1. The number of rotatable bonds is 5. The number of hydrogen-bond acceptors (Lipinski definition) is 3. The van der Waals surface area contributed by atoms with E-state index >= 15 is 0 Å². The first kappa shape index (κ1) is 13.5. The second-order valence-electron chi connectivity index (χ2n) is 5.38. The smallest absolute Gasteiger partial charge is 0.151 e. The number of aromatic amines is 1. The van der Waals surface area contributed by atoms with Crippen LogP contribution in [-0.2, 0) is 11.3 Å². The van der Waals surface area contributed by atoms with Crippen LogP contribution in [0.5, 0.6) is 0 Å². The highest BCUT2D eigenvalue weighted by molar-refractivity contribution is 5.75. The minimum atomic E-state index is -0.266. The van der Waals surface area contributed by atoms with Gasteiger partial charge in [-0.2, -0.15) is 0 Å². The van der Waals surface area contributed by atoms with Crippen molar-refractivity contribution in [1.82, 2.24) is 14.9 Å². The first-order valence-electron chi connectivity index (χ1n) is 7.19. The Morgan fingerprint density at radius 2 is 2.40 bits per heavy atom. The van der Waals surface area contributed by atoms with Crippen LogP contribution in [0.25, 0.3) is 11.0 Å². The van der Waals surface area contributed by atoms with Crippen molar-refractivity contribution in [2.75, 3.05) is 26.3 Å². The molecule has 0 spiro atoms. The maximum atomic E-state index is 13.6. The Morgan fingerprint density at radius 3 is 3.10 bits per heavy atom. The Labute approximate surface area is 117 Å². The first-order chi connectivity index (χ1) is 9.76. The molecule has 3 rings (SSSR count). The Balaban J connectivity index is 1.71. The van der Waals surface area contributed by atoms with Gasteiger partial charge in [-0.25, -0.2) is 9.37 Å². The molecule has 1 fully saturated rings. The lowest BCUT2D eigenvalue weighted by molar-refractivity contribution is 0.166. The number of nitrogens with one attached hydrogen (secondary N) is 1. The largest absolute Gasteiger partial charge is 0.381 e. The monoisotopic (exact) mass is 277 g/mol. The second kappa shape index (κ2) is 5.89. The predicted octanol–water partition coefficient (Wildman–Crippen LogP) is 2.56. The highest BCUT2D eigenvalue weighted by Crippen LogP contribution is 2.18. The van der Waals surface area contributed by atoms with Gasteiger partial charge in [0.05, 0.1) is 18.7 Å². The molecule has 0 saturated carbocycles. The minimum Gasteiger partial charge on any atom is -0.381 e. The van der Waals surface area contributed by atoms with Gasteiger partial charge in [-0.3, -0.25) is 4.90 Å². The molecular weight excluding hydrogens is 257 g/mol. The van der Waals surface area contributed by atoms with Gasteiger partial charge in [-0.15, -0.1) is 0 Å². The zero-order chi connectivity index (χ0) is 13.9. The summed E-state index contributed by atoms with van der Waals surface area (Å²) in [5, 5.41) is 0. The second-order valence-corrected chi connectivity index (χ2v) is 5.38. The summed E-state index contributed by atoms with van der Waals surface area (Å²) in [7, 11) is 0. The van der Waals surface area contributed by atoms with Crippen LogP contribution in [0, 0.1) is 11.7 Å². The molecule has 0 unspecified atom stereocenters. The number of imidazole rings is 1. The fourth-order valence-electron chi connectivity index (χ4n) is 2.73. The van der Waals surface area contributed by atoms with Crippen molar-refractivity contribution in [2.45, 2.75) is 19.9 Å². The molecule has 2 heterocycles. The van der Waals surface area contributed by atoms with Crippen LogP contribution < -0.4 is 0 Å². The molecule has 4 nitrogen and oxygen atoms in total. The van der Waals surface area contributed by atoms with Crippen LogP contribution in [0.2, 0.25) is 0 Å². The molecular formula is C15H20FN3O. The fraction of sp³-hybridized carbons (Fsp3) is 0.533. The minimum absolute atomic E-state index is 0.266. The summed E-state index contributed by atoms with van der Waals surface area (Å²) in [6.07, 6.45) is 1.13. The number of ether oxygens (including phenoxy) is 1. The summed E-state index contributed by atoms with van der Waals surface area (Å²) in [5.41, 5.74) is 1.20. The van der Waals surface area contributed by atoms with E-state index in [0.29, 0.717) is 11.4 Å². The molecule has 1 aromatic carbocycles. The zero-order valence-electron chi connectivity index (χ0n) is 11.7. The predicted molar refractivity (Wildman–Crippen MR) is 75.9 cm³/mol. The van der Waals surface area contributed by atoms with E-state index < -0.39 is 0 Å². The van der Waals surface area contributed by atoms with Crippen molar-refractivity contribution in [2.24, 2.45) is 5.92 Å². The van der Waals surface area contributed by atoms with Crippen molar-refractivity contribution < 1.29 is 9.13 Å². The average Bonchev–Trinajstić information content (AvgIpc) is 3.07. The van der Waals surface area contributed by atoms with Gasteiger partial charge >= 0.3 is 0 Å². The van der Waals surface area contributed by atoms with Gasteiger partial charge in [0.1, 0.15) is 11.3 Å². The fourth-order valence-corrected chi connectivity index (χ4v) is 2.73. The van der Waals surface area contributed by atoms with Gasteiger partial charge in [0.15, 0.2) is 5.82 Å². The van der Waals surface area contributed by atoms with Crippen molar-refractivity contribution in [3.05, 3.63) is 29.8 Å². The van der Waals surface area contributed by atoms with Crippen LogP contribution in [-0.4, -0.2) is 41.2 Å². The molecule has 2 aromatic rings. The highest BCUT2D eigenvalue weighted by Gasteiger charge is 2.19. The average molecular weight is 277 g/mol. The Morgan fingerprint density at radius 1 is 1.50 bits per heavy atom. The summed E-state index contributed by atoms with van der Waals surface area (Å²) in [6, 6.07) is 5.00. The quantitative estimate of drug-likeness (QED) is 0.913. The summed E-state index contributed by atoms with van der Waals surface area (Å²) < 4.78 is 19.1. The van der Waals surface area contributed by atoms with E-state index in [9.17, 15) is 4.39 Å². The third kappa shape index (κ3) is 2.83. The lowest BCUT2D eigenvalue weighted by Crippen LogP contribution is -2.29. The van der Waals surface area contributed by atoms with Gasteiger partial charge in [-0.05, 0) is 31.0 Å². The molecule has 1 N–H and O–H groups in total. The van der Waals surface area contributed by atoms with E-state index in [1.807, 2.05) is 6.07 Å². The molecule has 1 aliphatic heterocycles. The molecule has 0 aliphatic carbocycles. The van der Waals surface area contributed by atoms with Crippen molar-refractivity contribution in [1.29, 1.82) is 0 Å². The Hall–Kier alpha value is -1.46. The maximum absolute atomic E-state index is 13.6. The number of aromatic nitrogens is 2. The van der Waals surface area contributed by atoms with E-state index in [2.05, 4.69) is 21.8 Å². The van der Waals surface area contributed by atoms with E-state index in [1.54, 1.807) is 6.07 Å². The third-order valence-corrected chi connectivity index (χ3v) is 3.87. The topological polar surface area (TPSA) is 41.2 Å². The van der Waals surface area contributed by atoms with Crippen molar-refractivity contribution in [3.63, 3.8) is 0 Å². The number of benzene rings is 1. The molecule has 1 saturated heterocycles. The van der Waals surface area contributed by atoms with Crippen LogP contribution in [0.1, 0.15) is 19.2 Å². The lowest BCUT2D eigenvalue weighted by atomic mass is 10.1. The van der Waals surface area contributed by atoms with Crippen LogP contribution in [0.4, 0.5) is 4.39 Å². The summed E-state index contributed by atoms with van der Waals surface area (Å²) in [4.78, 5) is 9.90. The third-order valence-electron chi connectivity index (χ3n) is 3.87. The number of H-pyrrole nitrogens is 1. The summed E-state index contributed by atoms with van der Waals surface area (Å²) in [5.74, 6) is 1.17. The van der Waals surface area contributed by atoms with E-state index in [0.717, 1.165) is 50.6 Å². The number of hydrogen-bond donors (Lipinski definition) is 1. The van der Waals surface area contributed by atoms with E-state index in [4.69, 9.17) is 4.74 Å². The molecule has 1 aromatic heterocycles. The Kier molecular flexibility index (Phi) is 3.98. The zero-order valence-corrected chi connectivity index (χ0v) is 11.7. The van der Waals surface area contributed by atoms with Gasteiger partial charge < -0.3 is 9.72 Å².